The van der Waals surface area contributed by atoms with Crippen LogP contribution in [0.5, 0.6) is 11.5 Å². The molecule has 0 aliphatic carbocycles. The van der Waals surface area contributed by atoms with Crippen LogP contribution in [-0.4, -0.2) is 40.4 Å². The van der Waals surface area contributed by atoms with E-state index in [2.05, 4.69) is 23.2 Å². The zero-order valence-electron chi connectivity index (χ0n) is 11.4. The van der Waals surface area contributed by atoms with E-state index in [4.69, 9.17) is 9.47 Å². The Morgan fingerprint density at radius 2 is 2.11 bits per heavy atom. The van der Waals surface area contributed by atoms with E-state index < -0.39 is 0 Å². The molecule has 1 aromatic rings. The standard InChI is InChI=1S/C14H22N2O2/c1-11-9-15-6-7-16(10-11)13-5-4-12(17-2)8-14(13)18-3/h4-5,8,11,15H,6-7,9-10H2,1-3H3. The molecule has 100 valence electrons. The molecule has 1 aliphatic rings. The summed E-state index contributed by atoms with van der Waals surface area (Å²) in [4.78, 5) is 2.38. The molecule has 18 heavy (non-hydrogen) atoms. The lowest BCUT2D eigenvalue weighted by Crippen LogP contribution is -2.29. The van der Waals surface area contributed by atoms with E-state index in [1.165, 1.54) is 0 Å². The van der Waals surface area contributed by atoms with Crippen molar-refractivity contribution in [2.45, 2.75) is 6.92 Å². The molecule has 0 saturated carbocycles. The van der Waals surface area contributed by atoms with Crippen molar-refractivity contribution in [2.24, 2.45) is 5.92 Å². The summed E-state index contributed by atoms with van der Waals surface area (Å²) in [5, 5.41) is 3.45. The zero-order valence-corrected chi connectivity index (χ0v) is 11.4. The summed E-state index contributed by atoms with van der Waals surface area (Å²) in [6.45, 7) is 6.42. The van der Waals surface area contributed by atoms with Gasteiger partial charge in [0.25, 0.3) is 0 Å². The molecule has 1 saturated heterocycles. The molecular weight excluding hydrogens is 228 g/mol. The van der Waals surface area contributed by atoms with Crippen LogP contribution in [-0.2, 0) is 0 Å². The third kappa shape index (κ3) is 2.88. The average molecular weight is 250 g/mol. The fourth-order valence-electron chi connectivity index (χ4n) is 2.36. The van der Waals surface area contributed by atoms with Crippen LogP contribution in [0.3, 0.4) is 0 Å². The minimum absolute atomic E-state index is 0.638. The van der Waals surface area contributed by atoms with E-state index in [-0.39, 0.29) is 0 Å². The van der Waals surface area contributed by atoms with E-state index in [1.807, 2.05) is 12.1 Å². The molecule has 4 heteroatoms. The minimum Gasteiger partial charge on any atom is -0.497 e. The number of hydrogen-bond donors (Lipinski definition) is 1. The van der Waals surface area contributed by atoms with E-state index in [1.54, 1.807) is 14.2 Å². The summed E-state index contributed by atoms with van der Waals surface area (Å²) >= 11 is 0. The van der Waals surface area contributed by atoms with Gasteiger partial charge in [0.1, 0.15) is 11.5 Å². The molecule has 1 atom stereocenters. The highest BCUT2D eigenvalue weighted by Crippen LogP contribution is 2.32. The lowest BCUT2D eigenvalue weighted by atomic mass is 10.1. The Morgan fingerprint density at radius 3 is 2.83 bits per heavy atom. The van der Waals surface area contributed by atoms with Crippen LogP contribution < -0.4 is 19.7 Å². The maximum absolute atomic E-state index is 5.48. The highest BCUT2D eigenvalue weighted by atomic mass is 16.5. The van der Waals surface area contributed by atoms with Crippen molar-refractivity contribution in [3.8, 4) is 11.5 Å². The average Bonchev–Trinajstić information content (AvgIpc) is 2.62. The number of benzene rings is 1. The van der Waals surface area contributed by atoms with Gasteiger partial charge in [0.05, 0.1) is 19.9 Å². The highest BCUT2D eigenvalue weighted by Gasteiger charge is 2.18. The Labute approximate surface area is 109 Å². The first-order chi connectivity index (χ1) is 8.74. The molecular formula is C14H22N2O2. The van der Waals surface area contributed by atoms with Crippen molar-refractivity contribution in [2.75, 3.05) is 45.3 Å². The van der Waals surface area contributed by atoms with Gasteiger partial charge in [-0.25, -0.2) is 0 Å². The number of hydrogen-bond acceptors (Lipinski definition) is 4. The van der Waals surface area contributed by atoms with Crippen LogP contribution >= 0.6 is 0 Å². The van der Waals surface area contributed by atoms with Gasteiger partial charge in [-0.3, -0.25) is 0 Å². The lowest BCUT2D eigenvalue weighted by molar-refractivity contribution is 0.394. The Kier molecular flexibility index (Phi) is 4.31. The summed E-state index contributed by atoms with van der Waals surface area (Å²) in [7, 11) is 3.38. The van der Waals surface area contributed by atoms with Gasteiger partial charge in [0, 0.05) is 25.7 Å². The molecule has 1 aliphatic heterocycles. The zero-order chi connectivity index (χ0) is 13.0. The second-order valence-electron chi connectivity index (χ2n) is 4.79. The Hall–Kier alpha value is -1.42. The smallest absolute Gasteiger partial charge is 0.145 e. The predicted octanol–water partition coefficient (Wildman–Crippen LogP) is 1.75. The Balaban J connectivity index is 2.25. The van der Waals surface area contributed by atoms with Gasteiger partial charge < -0.3 is 19.7 Å². The molecule has 1 N–H and O–H groups in total. The van der Waals surface area contributed by atoms with E-state index >= 15 is 0 Å². The summed E-state index contributed by atoms with van der Waals surface area (Å²) < 4.78 is 10.7. The molecule has 1 unspecified atom stereocenters. The van der Waals surface area contributed by atoms with Gasteiger partial charge in [-0.05, 0) is 24.6 Å². The van der Waals surface area contributed by atoms with Crippen LogP contribution in [0.4, 0.5) is 5.69 Å². The fourth-order valence-corrected chi connectivity index (χ4v) is 2.36. The number of methoxy groups -OCH3 is 2. The molecule has 0 spiro atoms. The monoisotopic (exact) mass is 250 g/mol. The molecule has 1 fully saturated rings. The van der Waals surface area contributed by atoms with Gasteiger partial charge in [0.2, 0.25) is 0 Å². The maximum Gasteiger partial charge on any atom is 0.145 e. The molecule has 0 radical (unpaired) electrons. The first-order valence-electron chi connectivity index (χ1n) is 6.42. The van der Waals surface area contributed by atoms with Gasteiger partial charge in [-0.1, -0.05) is 6.92 Å². The molecule has 2 rings (SSSR count). The Morgan fingerprint density at radius 1 is 1.28 bits per heavy atom. The van der Waals surface area contributed by atoms with E-state index in [9.17, 15) is 0 Å². The maximum atomic E-state index is 5.48. The third-order valence-electron chi connectivity index (χ3n) is 3.31. The second-order valence-corrected chi connectivity index (χ2v) is 4.79. The number of ether oxygens (including phenoxy) is 2. The lowest BCUT2D eigenvalue weighted by Gasteiger charge is -2.26. The van der Waals surface area contributed by atoms with Gasteiger partial charge >= 0.3 is 0 Å². The Bertz CT molecular complexity index is 395. The minimum atomic E-state index is 0.638. The van der Waals surface area contributed by atoms with E-state index in [0.717, 1.165) is 43.4 Å². The topological polar surface area (TPSA) is 33.7 Å². The molecule has 0 aromatic heterocycles. The van der Waals surface area contributed by atoms with Crippen molar-refractivity contribution >= 4 is 5.69 Å². The van der Waals surface area contributed by atoms with Crippen LogP contribution in [0, 0.1) is 5.92 Å². The van der Waals surface area contributed by atoms with Crippen molar-refractivity contribution in [1.82, 2.24) is 5.32 Å². The van der Waals surface area contributed by atoms with Crippen LogP contribution in [0.1, 0.15) is 6.92 Å². The molecule has 0 amide bonds. The normalized spacial score (nSPS) is 20.4. The summed E-state index contributed by atoms with van der Waals surface area (Å²) in [6.07, 6.45) is 0. The second kappa shape index (κ2) is 5.96. The van der Waals surface area contributed by atoms with Gasteiger partial charge in [-0.15, -0.1) is 0 Å². The summed E-state index contributed by atoms with van der Waals surface area (Å²) in [5.41, 5.74) is 1.15. The molecule has 0 bridgehead atoms. The first-order valence-corrected chi connectivity index (χ1v) is 6.42. The van der Waals surface area contributed by atoms with Crippen molar-refractivity contribution in [1.29, 1.82) is 0 Å². The number of rotatable bonds is 3. The quantitative estimate of drug-likeness (QED) is 0.886. The molecule has 1 heterocycles. The number of anilines is 1. The fraction of sp³-hybridized carbons (Fsp3) is 0.571. The van der Waals surface area contributed by atoms with Crippen LogP contribution in [0.25, 0.3) is 0 Å². The van der Waals surface area contributed by atoms with Crippen molar-refractivity contribution in [3.63, 3.8) is 0 Å². The molecule has 4 nitrogen and oxygen atoms in total. The number of nitrogens with zero attached hydrogens (tertiary/aromatic N) is 1. The summed E-state index contributed by atoms with van der Waals surface area (Å²) in [5.74, 6) is 2.35. The van der Waals surface area contributed by atoms with Gasteiger partial charge in [-0.2, -0.15) is 0 Å². The number of nitrogens with one attached hydrogen (secondary N) is 1. The van der Waals surface area contributed by atoms with Crippen LogP contribution in [0.15, 0.2) is 18.2 Å². The first kappa shape index (κ1) is 13.0. The third-order valence-corrected chi connectivity index (χ3v) is 3.31. The van der Waals surface area contributed by atoms with Gasteiger partial charge in [0.15, 0.2) is 0 Å². The van der Waals surface area contributed by atoms with Crippen LogP contribution in [0.2, 0.25) is 0 Å². The van der Waals surface area contributed by atoms with Crippen molar-refractivity contribution in [3.05, 3.63) is 18.2 Å². The highest BCUT2D eigenvalue weighted by molar-refractivity contribution is 5.61. The largest absolute Gasteiger partial charge is 0.497 e. The van der Waals surface area contributed by atoms with E-state index in [0.29, 0.717) is 5.92 Å². The molecule has 1 aromatic carbocycles. The summed E-state index contributed by atoms with van der Waals surface area (Å²) in [6, 6.07) is 6.01. The predicted molar refractivity (Wildman–Crippen MR) is 73.8 cm³/mol. The van der Waals surface area contributed by atoms with Crippen molar-refractivity contribution < 1.29 is 9.47 Å². The SMILES string of the molecule is COc1ccc(N2CCNCC(C)C2)c(OC)c1.